The number of hydrogen-bond acceptors (Lipinski definition) is 11. The molecule has 0 aliphatic carbocycles. The third-order valence-corrected chi connectivity index (χ3v) is 14.0. The Balaban J connectivity index is 1.27. The third kappa shape index (κ3) is 5.64. The van der Waals surface area contributed by atoms with E-state index in [1.165, 1.54) is 23.2 Å². The number of benzene rings is 3. The average molecular weight is 769 g/mol. The fourth-order valence-corrected chi connectivity index (χ4v) is 11.4. The molecule has 3 aromatic carbocycles. The molecule has 1 saturated heterocycles. The van der Waals surface area contributed by atoms with Crippen molar-refractivity contribution in [3.63, 3.8) is 0 Å². The standard InChI is InChI=1S/C37H41N3O11S2/c41-18-27-33(42)34(43)30(37(44)50-27)38-52(45,46)21-9-10-22(28(17-21)53(47,48)49)29-25-15-19-5-1-11-39-13-3-7-23(31(19)39)35(25)51-36-24-8-4-14-40-12-2-6-20(32(24)40)16-26(29)36/h9-10,15-17,27,30,33-34,37-38,41-44H,1-8,11-14,18H2/p+1/t27-,30-,33-,34-,37?/m0/s1. The van der Waals surface area contributed by atoms with Gasteiger partial charge in [0.2, 0.25) is 15.4 Å². The van der Waals surface area contributed by atoms with Gasteiger partial charge in [-0.2, -0.15) is 8.42 Å². The molecule has 282 valence electrons. The fraction of sp³-hybridized carbons (Fsp3) is 0.486. The lowest BCUT2D eigenvalue weighted by molar-refractivity contribution is -0.251. The zero-order valence-corrected chi connectivity index (χ0v) is 30.5. The molecule has 9 rings (SSSR count). The minimum atomic E-state index is -5.07. The van der Waals surface area contributed by atoms with Crippen molar-refractivity contribution in [3.8, 4) is 11.5 Å². The first-order chi connectivity index (χ1) is 25.4. The number of fused-ring (bicyclic) bond motifs is 4. The van der Waals surface area contributed by atoms with Crippen LogP contribution in [0.4, 0.5) is 5.69 Å². The third-order valence-electron chi connectivity index (χ3n) is 11.7. The van der Waals surface area contributed by atoms with E-state index in [4.69, 9.17) is 9.47 Å². The number of aryl methyl sites for hydroxylation is 2. The van der Waals surface area contributed by atoms with Crippen LogP contribution in [0.2, 0.25) is 0 Å². The molecule has 6 aliphatic heterocycles. The summed E-state index contributed by atoms with van der Waals surface area (Å²) in [5.74, 6) is 1.31. The van der Waals surface area contributed by atoms with Crippen molar-refractivity contribution in [1.29, 1.82) is 0 Å². The van der Waals surface area contributed by atoms with Crippen LogP contribution in [0.1, 0.15) is 59.1 Å². The number of hydrogen-bond donors (Lipinski definition) is 6. The molecule has 0 saturated carbocycles. The Labute approximate surface area is 306 Å². The van der Waals surface area contributed by atoms with Crippen LogP contribution >= 0.6 is 0 Å². The summed E-state index contributed by atoms with van der Waals surface area (Å²) in [6, 6.07) is 5.80. The molecule has 14 nitrogen and oxygen atoms in total. The predicted octanol–water partition coefficient (Wildman–Crippen LogP) is -0.553. The minimum Gasteiger partial charge on any atom is -0.455 e. The first kappa shape index (κ1) is 35.3. The van der Waals surface area contributed by atoms with E-state index in [1.54, 1.807) is 0 Å². The molecule has 0 amide bonds. The van der Waals surface area contributed by atoms with E-state index in [1.807, 2.05) is 0 Å². The maximum atomic E-state index is 13.7. The van der Waals surface area contributed by atoms with Gasteiger partial charge in [-0.05, 0) is 68.4 Å². The normalized spacial score (nSPS) is 26.3. The van der Waals surface area contributed by atoms with E-state index < -0.39 is 67.2 Å². The lowest BCUT2D eigenvalue weighted by Crippen LogP contribution is -2.64. The van der Waals surface area contributed by atoms with Crippen molar-refractivity contribution in [3.05, 3.63) is 74.3 Å². The predicted molar refractivity (Wildman–Crippen MR) is 191 cm³/mol. The van der Waals surface area contributed by atoms with E-state index in [-0.39, 0.29) is 5.56 Å². The number of aliphatic hydroxyl groups excluding tert-OH is 4. The van der Waals surface area contributed by atoms with Gasteiger partial charge >= 0.3 is 0 Å². The highest BCUT2D eigenvalue weighted by Crippen LogP contribution is 2.49. The van der Waals surface area contributed by atoms with Gasteiger partial charge in [0.25, 0.3) is 10.1 Å². The molecule has 0 spiro atoms. The summed E-state index contributed by atoms with van der Waals surface area (Å²) >= 11 is 0. The molecule has 6 heterocycles. The number of anilines is 1. The van der Waals surface area contributed by atoms with E-state index in [0.717, 1.165) is 106 Å². The number of ether oxygens (including phenoxy) is 2. The van der Waals surface area contributed by atoms with Crippen LogP contribution in [0.15, 0.2) is 40.1 Å². The van der Waals surface area contributed by atoms with Crippen molar-refractivity contribution < 1.29 is 51.3 Å². The largest absolute Gasteiger partial charge is 0.455 e. The summed E-state index contributed by atoms with van der Waals surface area (Å²) in [6.07, 6.45) is 0.112. The molecule has 0 radical (unpaired) electrons. The number of aliphatic hydroxyl groups is 4. The average Bonchev–Trinajstić information content (AvgIpc) is 3.14. The molecule has 0 aromatic heterocycles. The first-order valence-electron chi connectivity index (χ1n) is 18.2. The fourth-order valence-electron chi connectivity index (χ4n) is 9.36. The van der Waals surface area contributed by atoms with Gasteiger partial charge in [-0.3, -0.25) is 4.55 Å². The summed E-state index contributed by atoms with van der Waals surface area (Å²) in [6.45, 7) is 3.03. The van der Waals surface area contributed by atoms with Crippen LogP contribution in [-0.2, 0) is 50.6 Å². The van der Waals surface area contributed by atoms with Gasteiger partial charge in [-0.25, -0.2) is 17.7 Å². The molecule has 16 heteroatoms. The van der Waals surface area contributed by atoms with Crippen molar-refractivity contribution in [1.82, 2.24) is 9.30 Å². The number of sulfonamides is 1. The van der Waals surface area contributed by atoms with Crippen LogP contribution in [-0.4, -0.2) is 105 Å². The summed E-state index contributed by atoms with van der Waals surface area (Å²) in [5, 5.41) is 42.7. The summed E-state index contributed by atoms with van der Waals surface area (Å²) < 4.78 is 81.6. The molecule has 6 aliphatic rings. The second kappa shape index (κ2) is 12.8. The quantitative estimate of drug-likeness (QED) is 0.108. The smallest absolute Gasteiger partial charge is 0.295 e. The Bertz CT molecular complexity index is 2410. The maximum absolute atomic E-state index is 13.7. The highest BCUT2D eigenvalue weighted by atomic mass is 32.2. The molecule has 1 fully saturated rings. The zero-order chi connectivity index (χ0) is 37.0. The SMILES string of the molecule is O=S(=O)(O)c1cc(S(=O)(=O)N[C@@H]2C(O)O[C@@H](CO)[C@H](O)[C@H]2O)ccc1C1=c2cc3c4c(c2Oc2c1cc1c5c2CCCN5CCC1)CCC[N+]=4CCC3. The van der Waals surface area contributed by atoms with Gasteiger partial charge in [0, 0.05) is 64.7 Å². The van der Waals surface area contributed by atoms with E-state index >= 15 is 0 Å². The molecule has 6 N–H and O–H groups in total. The van der Waals surface area contributed by atoms with Gasteiger partial charge in [0.05, 0.1) is 17.1 Å². The van der Waals surface area contributed by atoms with Crippen molar-refractivity contribution >= 4 is 31.4 Å². The van der Waals surface area contributed by atoms with Crippen LogP contribution in [0.25, 0.3) is 5.57 Å². The molecule has 1 unspecified atom stereocenters. The summed E-state index contributed by atoms with van der Waals surface area (Å²) in [4.78, 5) is 1.18. The van der Waals surface area contributed by atoms with E-state index in [2.05, 4.69) is 26.3 Å². The molecule has 3 aromatic rings. The highest BCUT2D eigenvalue weighted by Gasteiger charge is 2.46. The van der Waals surface area contributed by atoms with E-state index in [0.29, 0.717) is 27.9 Å². The van der Waals surface area contributed by atoms with Crippen LogP contribution in [0, 0.1) is 0 Å². The maximum Gasteiger partial charge on any atom is 0.295 e. The van der Waals surface area contributed by atoms with Crippen LogP contribution in [0.3, 0.4) is 0 Å². The highest BCUT2D eigenvalue weighted by molar-refractivity contribution is 7.89. The van der Waals surface area contributed by atoms with Crippen molar-refractivity contribution in [2.45, 2.75) is 91.8 Å². The Kier molecular flexibility index (Phi) is 8.53. The monoisotopic (exact) mass is 768 g/mol. The van der Waals surface area contributed by atoms with Crippen molar-refractivity contribution in [2.24, 2.45) is 0 Å². The number of nitrogens with one attached hydrogen (secondary N) is 1. The Hall–Kier alpha value is -3.45. The lowest BCUT2D eigenvalue weighted by atomic mass is 9.82. The minimum absolute atomic E-state index is 0.103. The Morgan fingerprint density at radius 1 is 0.830 bits per heavy atom. The lowest BCUT2D eigenvalue weighted by Gasteiger charge is -2.40. The Morgan fingerprint density at radius 2 is 1.55 bits per heavy atom. The van der Waals surface area contributed by atoms with Gasteiger partial charge in [-0.1, -0.05) is 6.07 Å². The Morgan fingerprint density at radius 3 is 2.30 bits per heavy atom. The second-order valence-corrected chi connectivity index (χ2v) is 18.0. The first-order valence-corrected chi connectivity index (χ1v) is 21.2. The van der Waals surface area contributed by atoms with Gasteiger partial charge < -0.3 is 34.8 Å². The molecular weight excluding hydrogens is 727 g/mol. The zero-order valence-electron chi connectivity index (χ0n) is 28.9. The van der Waals surface area contributed by atoms with Crippen LogP contribution in [0.5, 0.6) is 11.5 Å². The molecule has 5 atom stereocenters. The number of nitrogens with zero attached hydrogens (tertiary/aromatic N) is 2. The number of rotatable bonds is 6. The molecular formula is C37H42N3O11S2+. The van der Waals surface area contributed by atoms with Crippen molar-refractivity contribution in [2.75, 3.05) is 37.7 Å². The second-order valence-electron chi connectivity index (χ2n) is 14.9. The van der Waals surface area contributed by atoms with Gasteiger partial charge in [0.1, 0.15) is 53.8 Å². The van der Waals surface area contributed by atoms with E-state index in [9.17, 15) is 41.8 Å². The van der Waals surface area contributed by atoms with Gasteiger partial charge in [0.15, 0.2) is 6.29 Å². The molecule has 53 heavy (non-hydrogen) atoms. The van der Waals surface area contributed by atoms with Crippen LogP contribution < -0.4 is 29.5 Å². The summed E-state index contributed by atoms with van der Waals surface area (Å²) in [5.41, 5.74) is 6.89. The summed E-state index contributed by atoms with van der Waals surface area (Å²) in [7, 11) is -9.78. The molecule has 0 bridgehead atoms. The topological polar surface area (TPSA) is 206 Å². The van der Waals surface area contributed by atoms with Gasteiger partial charge in [-0.15, -0.1) is 0 Å².